The highest BCUT2D eigenvalue weighted by atomic mass is 79.9. The molecule has 6 rings (SSSR count). The highest BCUT2D eigenvalue weighted by molar-refractivity contribution is 9.10. The molecule has 0 radical (unpaired) electrons. The summed E-state index contributed by atoms with van der Waals surface area (Å²) in [6.07, 6.45) is 0. The van der Waals surface area contributed by atoms with Crippen LogP contribution in [0.15, 0.2) is 48.5 Å². The zero-order chi connectivity index (χ0) is 20.7. The van der Waals surface area contributed by atoms with Crippen LogP contribution in [0.1, 0.15) is 36.1 Å². The fourth-order valence-electron chi connectivity index (χ4n) is 5.02. The minimum absolute atomic E-state index is 0.347. The van der Waals surface area contributed by atoms with Crippen LogP contribution in [0.3, 0.4) is 0 Å². The number of imide groups is 1. The second-order valence-electron chi connectivity index (χ2n) is 8.11. The molecule has 3 amide bonds. The molecule has 1 N–H and O–H groups in total. The van der Waals surface area contributed by atoms with Crippen molar-refractivity contribution in [3.05, 3.63) is 70.8 Å². The van der Waals surface area contributed by atoms with E-state index in [4.69, 9.17) is 0 Å². The normalized spacial score (nSPS) is 31.6. The standard InChI is InChI=1S/C22H18Br2N2O3/c1-11(2)18(27)25-26-19(28)16-17(20(26)29)22(24)13-8-4-3-7-12(13)21(16,23)14-9-5-6-10-15(14)22/h3-11,16-17H,1-2H3,(H,25,27)/t16-,17-,21?,22?/m0/s1. The van der Waals surface area contributed by atoms with E-state index < -0.39 is 32.3 Å². The molecule has 4 aliphatic rings. The van der Waals surface area contributed by atoms with Gasteiger partial charge in [0.1, 0.15) is 0 Å². The minimum atomic E-state index is -0.843. The van der Waals surface area contributed by atoms with Gasteiger partial charge in [0.15, 0.2) is 0 Å². The lowest BCUT2D eigenvalue weighted by atomic mass is 9.54. The van der Waals surface area contributed by atoms with Gasteiger partial charge in [-0.2, -0.15) is 5.01 Å². The quantitative estimate of drug-likeness (QED) is 0.489. The Kier molecular flexibility index (Phi) is 3.94. The summed E-state index contributed by atoms with van der Waals surface area (Å²) in [6.45, 7) is 3.45. The molecule has 1 saturated heterocycles. The molecule has 2 atom stereocenters. The summed E-state index contributed by atoms with van der Waals surface area (Å²) >= 11 is 7.84. The van der Waals surface area contributed by atoms with E-state index in [0.29, 0.717) is 0 Å². The predicted molar refractivity (Wildman–Crippen MR) is 114 cm³/mol. The van der Waals surface area contributed by atoms with Crippen molar-refractivity contribution in [1.29, 1.82) is 0 Å². The molecule has 2 aromatic carbocycles. The summed E-state index contributed by atoms with van der Waals surface area (Å²) in [6, 6.07) is 15.8. The van der Waals surface area contributed by atoms with E-state index in [1.165, 1.54) is 0 Å². The SMILES string of the molecule is CC(C)C(=O)NN1C(=O)[C@@H]2[C@@H](C1=O)C1(Br)c3ccccc3C2(Br)c2ccccc21. The molecule has 3 aliphatic carbocycles. The number of rotatable bonds is 2. The molecular formula is C22H18Br2N2O3. The average molecular weight is 518 g/mol. The lowest BCUT2D eigenvalue weighted by Crippen LogP contribution is -2.56. The number of halogens is 2. The van der Waals surface area contributed by atoms with Crippen molar-refractivity contribution in [3.63, 3.8) is 0 Å². The smallest absolute Gasteiger partial charge is 0.254 e. The van der Waals surface area contributed by atoms with Crippen LogP contribution >= 0.6 is 31.9 Å². The Morgan fingerprint density at radius 1 is 0.862 bits per heavy atom. The van der Waals surface area contributed by atoms with Gasteiger partial charge in [-0.1, -0.05) is 94.2 Å². The topological polar surface area (TPSA) is 66.5 Å². The first-order chi connectivity index (χ1) is 13.7. The van der Waals surface area contributed by atoms with Crippen molar-refractivity contribution in [1.82, 2.24) is 10.4 Å². The summed E-state index contributed by atoms with van der Waals surface area (Å²) in [4.78, 5) is 39.3. The van der Waals surface area contributed by atoms with Gasteiger partial charge in [0.2, 0.25) is 5.91 Å². The summed E-state index contributed by atoms with van der Waals surface area (Å²) in [7, 11) is 0. The maximum atomic E-state index is 13.5. The molecule has 2 bridgehead atoms. The van der Waals surface area contributed by atoms with Gasteiger partial charge in [-0.05, 0) is 22.3 Å². The number of alkyl halides is 2. The van der Waals surface area contributed by atoms with Gasteiger partial charge >= 0.3 is 0 Å². The molecule has 1 aliphatic heterocycles. The van der Waals surface area contributed by atoms with Gasteiger partial charge in [0, 0.05) is 5.92 Å². The van der Waals surface area contributed by atoms with Crippen LogP contribution in [0.5, 0.6) is 0 Å². The Morgan fingerprint density at radius 2 is 1.21 bits per heavy atom. The Balaban J connectivity index is 1.77. The van der Waals surface area contributed by atoms with E-state index in [1.807, 2.05) is 48.5 Å². The van der Waals surface area contributed by atoms with Crippen LogP contribution in [0.4, 0.5) is 0 Å². The van der Waals surface area contributed by atoms with Crippen molar-refractivity contribution in [2.24, 2.45) is 17.8 Å². The van der Waals surface area contributed by atoms with E-state index in [0.717, 1.165) is 27.3 Å². The van der Waals surface area contributed by atoms with Crippen molar-refractivity contribution >= 4 is 49.6 Å². The summed E-state index contributed by atoms with van der Waals surface area (Å²) < 4.78 is -1.69. The number of nitrogens with one attached hydrogen (secondary N) is 1. The first-order valence-corrected chi connectivity index (χ1v) is 11.1. The maximum absolute atomic E-state index is 13.5. The molecule has 0 saturated carbocycles. The van der Waals surface area contributed by atoms with Crippen molar-refractivity contribution < 1.29 is 14.4 Å². The molecule has 5 nitrogen and oxygen atoms in total. The van der Waals surface area contributed by atoms with E-state index in [2.05, 4.69) is 37.3 Å². The predicted octanol–water partition coefficient (Wildman–Crippen LogP) is 3.58. The van der Waals surface area contributed by atoms with Gasteiger partial charge in [-0.25, -0.2) is 0 Å². The van der Waals surface area contributed by atoms with E-state index in [9.17, 15) is 14.4 Å². The minimum Gasteiger partial charge on any atom is -0.273 e. The molecule has 2 aromatic rings. The second-order valence-corrected chi connectivity index (χ2v) is 10.6. The van der Waals surface area contributed by atoms with Gasteiger partial charge in [-0.3, -0.25) is 19.8 Å². The highest BCUT2D eigenvalue weighted by Crippen LogP contribution is 2.70. The number of carbonyl (C=O) groups is 3. The van der Waals surface area contributed by atoms with Gasteiger partial charge in [0.25, 0.3) is 11.8 Å². The first-order valence-electron chi connectivity index (χ1n) is 9.50. The third kappa shape index (κ3) is 2.12. The van der Waals surface area contributed by atoms with E-state index in [-0.39, 0.29) is 11.8 Å². The van der Waals surface area contributed by atoms with E-state index >= 15 is 0 Å². The lowest BCUT2D eigenvalue weighted by molar-refractivity contribution is -0.150. The molecule has 1 heterocycles. The van der Waals surface area contributed by atoms with Crippen molar-refractivity contribution in [3.8, 4) is 0 Å². The fourth-order valence-corrected chi connectivity index (χ4v) is 7.32. The van der Waals surface area contributed by atoms with Crippen LogP contribution in [0.25, 0.3) is 0 Å². The Morgan fingerprint density at radius 3 is 1.52 bits per heavy atom. The van der Waals surface area contributed by atoms with Gasteiger partial charge in [-0.15, -0.1) is 0 Å². The average Bonchev–Trinajstić information content (AvgIpc) is 2.97. The number of amides is 3. The molecular weight excluding hydrogens is 500 g/mol. The number of nitrogens with zero attached hydrogens (tertiary/aromatic N) is 1. The largest absolute Gasteiger partial charge is 0.273 e. The number of benzene rings is 2. The van der Waals surface area contributed by atoms with Crippen molar-refractivity contribution in [2.75, 3.05) is 0 Å². The Hall–Kier alpha value is -1.99. The zero-order valence-corrected chi connectivity index (χ0v) is 19.0. The molecule has 0 spiro atoms. The third-order valence-electron chi connectivity index (χ3n) is 6.33. The molecule has 29 heavy (non-hydrogen) atoms. The second kappa shape index (κ2) is 6.01. The van der Waals surface area contributed by atoms with Crippen LogP contribution in [-0.2, 0) is 23.0 Å². The van der Waals surface area contributed by atoms with Crippen molar-refractivity contribution in [2.45, 2.75) is 22.5 Å². The summed E-state index contributed by atoms with van der Waals surface area (Å²) in [5.41, 5.74) is 6.42. The third-order valence-corrected chi connectivity index (χ3v) is 9.03. The number of hydrogen-bond donors (Lipinski definition) is 1. The fraction of sp³-hybridized carbons (Fsp3) is 0.318. The Bertz CT molecular complexity index is 975. The maximum Gasteiger partial charge on any atom is 0.254 e. The first kappa shape index (κ1) is 19.0. The highest BCUT2D eigenvalue weighted by Gasteiger charge is 2.72. The lowest BCUT2D eigenvalue weighted by Gasteiger charge is -2.55. The monoisotopic (exact) mass is 516 g/mol. The Labute approximate surface area is 185 Å². The summed E-state index contributed by atoms with van der Waals surface area (Å²) in [5, 5.41) is 0.932. The number of hydrazine groups is 1. The summed E-state index contributed by atoms with van der Waals surface area (Å²) in [5.74, 6) is -2.84. The van der Waals surface area contributed by atoms with Crippen LogP contribution < -0.4 is 5.43 Å². The molecule has 148 valence electrons. The molecule has 0 unspecified atom stereocenters. The van der Waals surface area contributed by atoms with Crippen LogP contribution in [-0.4, -0.2) is 22.7 Å². The molecule has 7 heteroatoms. The number of carbonyl (C=O) groups excluding carboxylic acids is 3. The molecule has 1 fully saturated rings. The van der Waals surface area contributed by atoms with Gasteiger partial charge in [0.05, 0.1) is 20.5 Å². The van der Waals surface area contributed by atoms with Gasteiger partial charge < -0.3 is 0 Å². The number of hydrogen-bond acceptors (Lipinski definition) is 3. The zero-order valence-electron chi connectivity index (χ0n) is 15.8. The van der Waals surface area contributed by atoms with Crippen LogP contribution in [0, 0.1) is 17.8 Å². The van der Waals surface area contributed by atoms with Crippen LogP contribution in [0.2, 0.25) is 0 Å². The van der Waals surface area contributed by atoms with E-state index in [1.54, 1.807) is 13.8 Å². The molecule has 0 aromatic heterocycles.